The first kappa shape index (κ1) is 13.8. The zero-order valence-corrected chi connectivity index (χ0v) is 13.6. The van der Waals surface area contributed by atoms with Gasteiger partial charge >= 0.3 is 0 Å². The molecule has 0 aliphatic heterocycles. The Labute approximate surface area is 132 Å². The molecule has 2 aromatic carbocycles. The standard InChI is InChI=1S/C13H8BrClINO/c14-9-2-1-3-10(7-9)17-13(18)8-4-5-12(16)11(15)6-8/h1-7H,(H,17,18). The zero-order valence-electron chi connectivity index (χ0n) is 9.08. The minimum Gasteiger partial charge on any atom is -0.322 e. The van der Waals surface area contributed by atoms with Crippen LogP contribution in [-0.2, 0) is 0 Å². The summed E-state index contributed by atoms with van der Waals surface area (Å²) in [7, 11) is 0. The van der Waals surface area contributed by atoms with E-state index in [0.717, 1.165) is 13.7 Å². The summed E-state index contributed by atoms with van der Waals surface area (Å²) in [6.07, 6.45) is 0. The highest BCUT2D eigenvalue weighted by Crippen LogP contribution is 2.21. The Morgan fingerprint density at radius 1 is 1.22 bits per heavy atom. The minimum absolute atomic E-state index is 0.175. The third kappa shape index (κ3) is 3.46. The van der Waals surface area contributed by atoms with Gasteiger partial charge in [0.05, 0.1) is 5.02 Å². The summed E-state index contributed by atoms with van der Waals surface area (Å²) in [5, 5.41) is 3.40. The maximum Gasteiger partial charge on any atom is 0.255 e. The molecule has 0 saturated heterocycles. The minimum atomic E-state index is -0.175. The molecule has 2 rings (SSSR count). The Morgan fingerprint density at radius 2 is 2.00 bits per heavy atom. The van der Waals surface area contributed by atoms with Gasteiger partial charge in [-0.1, -0.05) is 33.6 Å². The topological polar surface area (TPSA) is 29.1 Å². The summed E-state index contributed by atoms with van der Waals surface area (Å²) >= 11 is 11.5. The van der Waals surface area contributed by atoms with Crippen molar-refractivity contribution >= 4 is 61.7 Å². The molecule has 0 atom stereocenters. The number of hydrogen-bond acceptors (Lipinski definition) is 1. The van der Waals surface area contributed by atoms with Crippen LogP contribution in [-0.4, -0.2) is 5.91 Å². The number of benzene rings is 2. The number of rotatable bonds is 2. The van der Waals surface area contributed by atoms with Crippen LogP contribution >= 0.6 is 50.1 Å². The highest BCUT2D eigenvalue weighted by molar-refractivity contribution is 14.1. The lowest BCUT2D eigenvalue weighted by Crippen LogP contribution is -2.11. The van der Waals surface area contributed by atoms with E-state index in [0.29, 0.717) is 10.6 Å². The second-order valence-electron chi connectivity index (χ2n) is 3.59. The van der Waals surface area contributed by atoms with E-state index in [1.807, 2.05) is 30.3 Å². The lowest BCUT2D eigenvalue weighted by atomic mass is 10.2. The molecule has 0 spiro atoms. The maximum atomic E-state index is 12.0. The first-order valence-electron chi connectivity index (χ1n) is 5.08. The third-order valence-electron chi connectivity index (χ3n) is 2.26. The van der Waals surface area contributed by atoms with Crippen molar-refractivity contribution in [2.45, 2.75) is 0 Å². The van der Waals surface area contributed by atoms with Crippen LogP contribution in [0, 0.1) is 3.57 Å². The van der Waals surface area contributed by atoms with Gasteiger partial charge in [-0.25, -0.2) is 0 Å². The zero-order chi connectivity index (χ0) is 13.1. The average molecular weight is 436 g/mol. The number of nitrogens with one attached hydrogen (secondary N) is 1. The van der Waals surface area contributed by atoms with Crippen molar-refractivity contribution in [2.24, 2.45) is 0 Å². The first-order valence-corrected chi connectivity index (χ1v) is 7.33. The molecule has 0 heterocycles. The molecule has 0 fully saturated rings. The molecule has 1 amide bonds. The van der Waals surface area contributed by atoms with E-state index in [-0.39, 0.29) is 5.91 Å². The molecule has 0 saturated carbocycles. The molecule has 0 aromatic heterocycles. The van der Waals surface area contributed by atoms with Crippen molar-refractivity contribution < 1.29 is 4.79 Å². The fourth-order valence-electron chi connectivity index (χ4n) is 1.41. The fourth-order valence-corrected chi connectivity index (χ4v) is 2.32. The van der Waals surface area contributed by atoms with E-state index < -0.39 is 0 Å². The molecule has 0 unspecified atom stereocenters. The van der Waals surface area contributed by atoms with Crippen molar-refractivity contribution in [3.63, 3.8) is 0 Å². The molecule has 5 heteroatoms. The van der Waals surface area contributed by atoms with Crippen LogP contribution in [0.5, 0.6) is 0 Å². The van der Waals surface area contributed by atoms with Crippen molar-refractivity contribution in [3.05, 3.63) is 61.1 Å². The summed E-state index contributed by atoms with van der Waals surface area (Å²) in [4.78, 5) is 12.0. The Kier molecular flexibility index (Phi) is 4.64. The Morgan fingerprint density at radius 3 is 2.67 bits per heavy atom. The number of carbonyl (C=O) groups excluding carboxylic acids is 1. The van der Waals surface area contributed by atoms with Crippen molar-refractivity contribution in [2.75, 3.05) is 5.32 Å². The molecule has 0 aliphatic carbocycles. The molecule has 0 bridgehead atoms. The maximum absolute atomic E-state index is 12.0. The van der Waals surface area contributed by atoms with Gasteiger partial charge in [0.25, 0.3) is 5.91 Å². The van der Waals surface area contributed by atoms with E-state index in [9.17, 15) is 4.79 Å². The fraction of sp³-hybridized carbons (Fsp3) is 0. The van der Waals surface area contributed by atoms with Crippen LogP contribution < -0.4 is 5.32 Å². The highest BCUT2D eigenvalue weighted by Gasteiger charge is 2.08. The van der Waals surface area contributed by atoms with E-state index in [2.05, 4.69) is 43.8 Å². The molecular formula is C13H8BrClINO. The summed E-state index contributed by atoms with van der Waals surface area (Å²) < 4.78 is 1.84. The number of hydrogen-bond donors (Lipinski definition) is 1. The van der Waals surface area contributed by atoms with Gasteiger partial charge in [0.2, 0.25) is 0 Å². The van der Waals surface area contributed by atoms with Crippen molar-refractivity contribution in [1.29, 1.82) is 0 Å². The van der Waals surface area contributed by atoms with E-state index in [1.165, 1.54) is 0 Å². The molecule has 2 nitrogen and oxygen atoms in total. The van der Waals surface area contributed by atoms with Gasteiger partial charge in [0, 0.05) is 19.3 Å². The van der Waals surface area contributed by atoms with Crippen LogP contribution in [0.1, 0.15) is 10.4 Å². The summed E-state index contributed by atoms with van der Waals surface area (Å²) in [6.45, 7) is 0. The summed E-state index contributed by atoms with van der Waals surface area (Å²) in [6, 6.07) is 12.7. The monoisotopic (exact) mass is 435 g/mol. The Bertz CT molecular complexity index is 603. The normalized spacial score (nSPS) is 10.2. The van der Waals surface area contributed by atoms with Crippen LogP contribution in [0.15, 0.2) is 46.9 Å². The van der Waals surface area contributed by atoms with Gasteiger partial charge in [-0.15, -0.1) is 0 Å². The summed E-state index contributed by atoms with van der Waals surface area (Å²) in [5.41, 5.74) is 1.28. The van der Waals surface area contributed by atoms with Crippen LogP contribution in [0.25, 0.3) is 0 Å². The smallest absolute Gasteiger partial charge is 0.255 e. The van der Waals surface area contributed by atoms with Crippen molar-refractivity contribution in [3.8, 4) is 0 Å². The van der Waals surface area contributed by atoms with Gasteiger partial charge in [0.15, 0.2) is 0 Å². The highest BCUT2D eigenvalue weighted by atomic mass is 127. The van der Waals surface area contributed by atoms with E-state index >= 15 is 0 Å². The van der Waals surface area contributed by atoms with Crippen LogP contribution in [0.3, 0.4) is 0 Å². The predicted octanol–water partition coefficient (Wildman–Crippen LogP) is 4.96. The number of halogens is 3. The number of amides is 1. The van der Waals surface area contributed by atoms with Crippen LogP contribution in [0.2, 0.25) is 5.02 Å². The Hall–Kier alpha value is -0.590. The molecule has 92 valence electrons. The molecule has 2 aromatic rings. The van der Waals surface area contributed by atoms with Crippen molar-refractivity contribution in [1.82, 2.24) is 0 Å². The number of anilines is 1. The van der Waals surface area contributed by atoms with E-state index in [4.69, 9.17) is 11.6 Å². The largest absolute Gasteiger partial charge is 0.322 e. The molecular weight excluding hydrogens is 428 g/mol. The predicted molar refractivity (Wildman–Crippen MR) is 86.3 cm³/mol. The van der Waals surface area contributed by atoms with Gasteiger partial charge in [-0.05, 0) is 59.0 Å². The molecule has 0 aliphatic rings. The SMILES string of the molecule is O=C(Nc1cccc(Br)c1)c1ccc(I)c(Cl)c1. The summed E-state index contributed by atoms with van der Waals surface area (Å²) in [5.74, 6) is -0.175. The number of carbonyl (C=O) groups is 1. The second kappa shape index (κ2) is 6.04. The van der Waals surface area contributed by atoms with E-state index in [1.54, 1.807) is 12.1 Å². The van der Waals surface area contributed by atoms with Crippen LogP contribution in [0.4, 0.5) is 5.69 Å². The van der Waals surface area contributed by atoms with Gasteiger partial charge < -0.3 is 5.32 Å². The molecule has 18 heavy (non-hydrogen) atoms. The molecule has 1 N–H and O–H groups in total. The second-order valence-corrected chi connectivity index (χ2v) is 6.08. The van der Waals surface area contributed by atoms with Gasteiger partial charge in [-0.2, -0.15) is 0 Å². The quantitative estimate of drug-likeness (QED) is 0.663. The first-order chi connectivity index (χ1) is 8.56. The lowest BCUT2D eigenvalue weighted by molar-refractivity contribution is 0.102. The average Bonchev–Trinajstić information content (AvgIpc) is 2.32. The van der Waals surface area contributed by atoms with Gasteiger partial charge in [0.1, 0.15) is 0 Å². The lowest BCUT2D eigenvalue weighted by Gasteiger charge is -2.06. The third-order valence-corrected chi connectivity index (χ3v) is 4.33. The Balaban J connectivity index is 2.19. The molecule has 0 radical (unpaired) electrons. The van der Waals surface area contributed by atoms with Gasteiger partial charge in [-0.3, -0.25) is 4.79 Å².